The standard InChI is InChI=1S/C13H27N3O.2ClH/c17-11-10-16-8-6-15(7-9-16)5-3-13-2-1-4-14-12-13;;/h13-14,17H,1-12H2;2*1H. The van der Waals surface area contributed by atoms with Gasteiger partial charge in [0.15, 0.2) is 0 Å². The molecule has 2 N–H and O–H groups in total. The van der Waals surface area contributed by atoms with Gasteiger partial charge in [0.2, 0.25) is 0 Å². The Bertz CT molecular complexity index is 208. The Balaban J connectivity index is 0.00000162. The van der Waals surface area contributed by atoms with Gasteiger partial charge in [0.25, 0.3) is 0 Å². The Morgan fingerprint density at radius 3 is 2.16 bits per heavy atom. The number of hydrogen-bond donors (Lipinski definition) is 2. The number of β-amino-alcohol motifs (C(OH)–C–C–N with tert-alkyl or cyclic N) is 1. The van der Waals surface area contributed by atoms with Crippen LogP contribution < -0.4 is 5.32 Å². The lowest BCUT2D eigenvalue weighted by Gasteiger charge is -2.35. The summed E-state index contributed by atoms with van der Waals surface area (Å²) in [6.45, 7) is 9.47. The van der Waals surface area contributed by atoms with E-state index in [1.54, 1.807) is 0 Å². The predicted molar refractivity (Wildman–Crippen MR) is 84.7 cm³/mol. The Morgan fingerprint density at radius 1 is 1.00 bits per heavy atom. The van der Waals surface area contributed by atoms with Gasteiger partial charge in [0.05, 0.1) is 6.61 Å². The van der Waals surface area contributed by atoms with Crippen LogP contribution in [-0.4, -0.2) is 73.9 Å². The van der Waals surface area contributed by atoms with E-state index < -0.39 is 0 Å². The van der Waals surface area contributed by atoms with Gasteiger partial charge in [0.1, 0.15) is 0 Å². The summed E-state index contributed by atoms with van der Waals surface area (Å²) in [5.41, 5.74) is 0. The molecule has 0 saturated carbocycles. The molecule has 0 aromatic heterocycles. The molecule has 1 unspecified atom stereocenters. The monoisotopic (exact) mass is 313 g/mol. The fourth-order valence-corrected chi connectivity index (χ4v) is 2.91. The van der Waals surface area contributed by atoms with Crippen LogP contribution >= 0.6 is 24.8 Å². The summed E-state index contributed by atoms with van der Waals surface area (Å²) in [4.78, 5) is 4.95. The zero-order valence-corrected chi connectivity index (χ0v) is 13.4. The number of nitrogens with zero attached hydrogens (tertiary/aromatic N) is 2. The maximum atomic E-state index is 8.90. The van der Waals surface area contributed by atoms with Crippen LogP contribution in [0.5, 0.6) is 0 Å². The third kappa shape index (κ3) is 7.11. The summed E-state index contributed by atoms with van der Waals surface area (Å²) >= 11 is 0. The molecule has 2 heterocycles. The average Bonchev–Trinajstić information content (AvgIpc) is 2.40. The summed E-state index contributed by atoms with van der Waals surface area (Å²) in [6, 6.07) is 0. The van der Waals surface area contributed by atoms with Crippen molar-refractivity contribution in [3.05, 3.63) is 0 Å². The second-order valence-electron chi connectivity index (χ2n) is 5.41. The molecule has 0 aromatic rings. The van der Waals surface area contributed by atoms with Gasteiger partial charge in [-0.3, -0.25) is 4.90 Å². The maximum Gasteiger partial charge on any atom is 0.0558 e. The molecule has 6 heteroatoms. The van der Waals surface area contributed by atoms with Gasteiger partial charge < -0.3 is 15.3 Å². The Morgan fingerprint density at radius 2 is 1.63 bits per heavy atom. The number of aliphatic hydroxyl groups is 1. The number of nitrogens with one attached hydrogen (secondary N) is 1. The van der Waals surface area contributed by atoms with E-state index in [0.29, 0.717) is 6.61 Å². The highest BCUT2D eigenvalue weighted by Crippen LogP contribution is 2.15. The molecular formula is C13H29Cl2N3O. The molecule has 2 rings (SSSR count). The Labute approximate surface area is 129 Å². The highest BCUT2D eigenvalue weighted by atomic mass is 35.5. The minimum Gasteiger partial charge on any atom is -0.395 e. The average molecular weight is 314 g/mol. The van der Waals surface area contributed by atoms with E-state index in [1.807, 2.05) is 0 Å². The van der Waals surface area contributed by atoms with Crippen LogP contribution in [0.1, 0.15) is 19.3 Å². The largest absolute Gasteiger partial charge is 0.395 e. The normalized spacial score (nSPS) is 25.4. The lowest BCUT2D eigenvalue weighted by Crippen LogP contribution is -2.47. The van der Waals surface area contributed by atoms with Crippen LogP contribution in [-0.2, 0) is 0 Å². The van der Waals surface area contributed by atoms with Gasteiger partial charge in [-0.05, 0) is 44.8 Å². The van der Waals surface area contributed by atoms with Crippen molar-refractivity contribution in [2.45, 2.75) is 19.3 Å². The van der Waals surface area contributed by atoms with E-state index in [9.17, 15) is 0 Å². The summed E-state index contributed by atoms with van der Waals surface area (Å²) < 4.78 is 0. The molecule has 2 aliphatic heterocycles. The van der Waals surface area contributed by atoms with Crippen LogP contribution in [0.15, 0.2) is 0 Å². The first-order valence-electron chi connectivity index (χ1n) is 7.15. The first-order valence-corrected chi connectivity index (χ1v) is 7.15. The van der Waals surface area contributed by atoms with E-state index in [1.165, 1.54) is 52.0 Å². The highest BCUT2D eigenvalue weighted by molar-refractivity contribution is 5.85. The second kappa shape index (κ2) is 11.1. The highest BCUT2D eigenvalue weighted by Gasteiger charge is 2.18. The summed E-state index contributed by atoms with van der Waals surface area (Å²) in [7, 11) is 0. The molecule has 19 heavy (non-hydrogen) atoms. The van der Waals surface area contributed by atoms with Crippen molar-refractivity contribution in [2.75, 3.05) is 59.0 Å². The molecule has 4 nitrogen and oxygen atoms in total. The molecule has 0 spiro atoms. The number of hydrogen-bond acceptors (Lipinski definition) is 4. The van der Waals surface area contributed by atoms with Crippen molar-refractivity contribution in [3.8, 4) is 0 Å². The van der Waals surface area contributed by atoms with E-state index in [-0.39, 0.29) is 24.8 Å². The van der Waals surface area contributed by atoms with Gasteiger partial charge in [-0.25, -0.2) is 0 Å². The predicted octanol–water partition coefficient (Wildman–Crippen LogP) is 0.830. The lowest BCUT2D eigenvalue weighted by molar-refractivity contribution is 0.107. The van der Waals surface area contributed by atoms with Crippen molar-refractivity contribution in [1.82, 2.24) is 15.1 Å². The van der Waals surface area contributed by atoms with Crippen molar-refractivity contribution < 1.29 is 5.11 Å². The molecular weight excluding hydrogens is 285 g/mol. The van der Waals surface area contributed by atoms with Gasteiger partial charge in [0, 0.05) is 32.7 Å². The van der Waals surface area contributed by atoms with Gasteiger partial charge in [-0.15, -0.1) is 24.8 Å². The minimum atomic E-state index is 0. The molecule has 0 bridgehead atoms. The van der Waals surface area contributed by atoms with E-state index in [0.717, 1.165) is 25.6 Å². The molecule has 0 aliphatic carbocycles. The third-order valence-corrected chi connectivity index (χ3v) is 4.13. The Kier molecular flexibility index (Phi) is 11.4. The Hall–Kier alpha value is 0.420. The first-order chi connectivity index (χ1) is 8.38. The van der Waals surface area contributed by atoms with Gasteiger partial charge >= 0.3 is 0 Å². The van der Waals surface area contributed by atoms with Crippen LogP contribution in [0.25, 0.3) is 0 Å². The van der Waals surface area contributed by atoms with Crippen LogP contribution in [0.2, 0.25) is 0 Å². The molecule has 0 radical (unpaired) electrons. The van der Waals surface area contributed by atoms with Crippen molar-refractivity contribution in [2.24, 2.45) is 5.92 Å². The van der Waals surface area contributed by atoms with Crippen LogP contribution in [0, 0.1) is 5.92 Å². The molecule has 0 aromatic carbocycles. The van der Waals surface area contributed by atoms with E-state index >= 15 is 0 Å². The van der Waals surface area contributed by atoms with Crippen molar-refractivity contribution in [1.29, 1.82) is 0 Å². The fraction of sp³-hybridized carbons (Fsp3) is 1.00. The lowest BCUT2D eigenvalue weighted by atomic mass is 9.96. The number of piperidine rings is 1. The summed E-state index contributed by atoms with van der Waals surface area (Å²) in [6.07, 6.45) is 4.12. The number of aliphatic hydroxyl groups excluding tert-OH is 1. The first kappa shape index (κ1) is 19.4. The number of halogens is 2. The van der Waals surface area contributed by atoms with Crippen molar-refractivity contribution in [3.63, 3.8) is 0 Å². The van der Waals surface area contributed by atoms with Crippen molar-refractivity contribution >= 4 is 24.8 Å². The SMILES string of the molecule is Cl.Cl.OCCN1CCN(CCC2CCCNC2)CC1. The molecule has 2 aliphatic rings. The molecule has 2 saturated heterocycles. The van der Waals surface area contributed by atoms with E-state index in [4.69, 9.17) is 5.11 Å². The minimum absolute atomic E-state index is 0. The number of rotatable bonds is 5. The van der Waals surface area contributed by atoms with Gasteiger partial charge in [-0.1, -0.05) is 0 Å². The molecule has 1 atom stereocenters. The number of piperazine rings is 1. The maximum absolute atomic E-state index is 8.90. The smallest absolute Gasteiger partial charge is 0.0558 e. The zero-order chi connectivity index (χ0) is 11.9. The molecule has 2 fully saturated rings. The second-order valence-corrected chi connectivity index (χ2v) is 5.41. The van der Waals surface area contributed by atoms with Crippen LogP contribution in [0.4, 0.5) is 0 Å². The van der Waals surface area contributed by atoms with E-state index in [2.05, 4.69) is 15.1 Å². The summed E-state index contributed by atoms with van der Waals surface area (Å²) in [5, 5.41) is 12.4. The summed E-state index contributed by atoms with van der Waals surface area (Å²) in [5.74, 6) is 0.902. The van der Waals surface area contributed by atoms with Crippen LogP contribution in [0.3, 0.4) is 0 Å². The molecule has 0 amide bonds. The molecule has 116 valence electrons. The quantitative estimate of drug-likeness (QED) is 0.788. The van der Waals surface area contributed by atoms with Gasteiger partial charge in [-0.2, -0.15) is 0 Å². The fourth-order valence-electron chi connectivity index (χ4n) is 2.91. The zero-order valence-electron chi connectivity index (χ0n) is 11.7. The topological polar surface area (TPSA) is 38.7 Å². The third-order valence-electron chi connectivity index (χ3n) is 4.13.